The maximum atomic E-state index is 12.3. The molecule has 2 rings (SSSR count). The summed E-state index contributed by atoms with van der Waals surface area (Å²) in [7, 11) is 0. The fourth-order valence-corrected chi connectivity index (χ4v) is 2.19. The van der Waals surface area contributed by atoms with Gasteiger partial charge in [-0.15, -0.1) is 5.10 Å². The molecule has 118 valence electrons. The first-order valence-corrected chi connectivity index (χ1v) is 6.60. The summed E-state index contributed by atoms with van der Waals surface area (Å²) in [6, 6.07) is 0.0808. The van der Waals surface area contributed by atoms with Gasteiger partial charge in [-0.2, -0.15) is 13.2 Å². The highest BCUT2D eigenvalue weighted by Crippen LogP contribution is 2.18. The number of rotatable bonds is 4. The van der Waals surface area contributed by atoms with E-state index in [1.807, 2.05) is 13.8 Å². The Morgan fingerprint density at radius 3 is 2.57 bits per heavy atom. The third kappa shape index (κ3) is 4.13. The predicted octanol–water partition coefficient (Wildman–Crippen LogP) is 0.460. The molecule has 21 heavy (non-hydrogen) atoms. The van der Waals surface area contributed by atoms with E-state index in [0.717, 1.165) is 4.90 Å². The number of amides is 1. The Bertz CT molecular complexity index is 500. The number of carbonyl (C=O) groups excluding carboxylic acids is 1. The van der Waals surface area contributed by atoms with Gasteiger partial charge in [0.05, 0.1) is 19.1 Å². The van der Waals surface area contributed by atoms with Gasteiger partial charge in [-0.25, -0.2) is 4.68 Å². The van der Waals surface area contributed by atoms with Gasteiger partial charge in [-0.3, -0.25) is 9.69 Å². The van der Waals surface area contributed by atoms with Crippen LogP contribution in [0.25, 0.3) is 0 Å². The van der Waals surface area contributed by atoms with Crippen molar-refractivity contribution >= 4 is 5.91 Å². The van der Waals surface area contributed by atoms with Crippen molar-refractivity contribution in [2.45, 2.75) is 32.6 Å². The van der Waals surface area contributed by atoms with Crippen molar-refractivity contribution in [1.82, 2.24) is 30.0 Å². The number of hydrogen-bond acceptors (Lipinski definition) is 5. The van der Waals surface area contributed by atoms with Crippen LogP contribution >= 0.6 is 0 Å². The lowest BCUT2D eigenvalue weighted by Crippen LogP contribution is -2.52. The molecule has 1 aliphatic rings. The lowest BCUT2D eigenvalue weighted by molar-refractivity contribution is -0.165. The smallest absolute Gasteiger partial charge is 0.331 e. The normalized spacial score (nSPS) is 17.8. The maximum absolute atomic E-state index is 12.3. The lowest BCUT2D eigenvalue weighted by atomic mass is 10.3. The van der Waals surface area contributed by atoms with E-state index in [1.54, 1.807) is 9.58 Å². The summed E-state index contributed by atoms with van der Waals surface area (Å²) in [5, 5.41) is 11.3. The van der Waals surface area contributed by atoms with Crippen LogP contribution in [0.4, 0.5) is 13.2 Å². The molecule has 2 heterocycles. The first-order chi connectivity index (χ1) is 9.76. The summed E-state index contributed by atoms with van der Waals surface area (Å²) in [4.78, 5) is 14.3. The quantitative estimate of drug-likeness (QED) is 0.808. The van der Waals surface area contributed by atoms with Crippen molar-refractivity contribution in [3.8, 4) is 0 Å². The number of carbonyl (C=O) groups is 1. The Kier molecular flexibility index (Phi) is 4.45. The third-order valence-corrected chi connectivity index (χ3v) is 3.18. The van der Waals surface area contributed by atoms with Crippen molar-refractivity contribution in [1.29, 1.82) is 0 Å². The van der Waals surface area contributed by atoms with E-state index in [1.165, 1.54) is 0 Å². The van der Waals surface area contributed by atoms with Crippen LogP contribution in [0.15, 0.2) is 0 Å². The minimum absolute atomic E-state index is 0.0545. The van der Waals surface area contributed by atoms with Gasteiger partial charge in [0, 0.05) is 13.1 Å². The number of hydrogen-bond donors (Lipinski definition) is 0. The summed E-state index contributed by atoms with van der Waals surface area (Å²) in [6.07, 6.45) is -4.36. The second-order valence-electron chi connectivity index (χ2n) is 5.27. The Balaban J connectivity index is 1.94. The number of halogens is 3. The Morgan fingerprint density at radius 2 is 2.00 bits per heavy atom. The highest BCUT2D eigenvalue weighted by molar-refractivity contribution is 5.79. The highest BCUT2D eigenvalue weighted by Gasteiger charge is 2.35. The second-order valence-corrected chi connectivity index (χ2v) is 5.27. The van der Waals surface area contributed by atoms with Crippen LogP contribution in [0.2, 0.25) is 0 Å². The first kappa shape index (κ1) is 15.7. The van der Waals surface area contributed by atoms with Crippen molar-refractivity contribution in [2.75, 3.05) is 26.2 Å². The fourth-order valence-electron chi connectivity index (χ4n) is 2.19. The van der Waals surface area contributed by atoms with Gasteiger partial charge in [0.15, 0.2) is 5.82 Å². The van der Waals surface area contributed by atoms with Gasteiger partial charge in [0.1, 0.15) is 6.54 Å². The lowest BCUT2D eigenvalue weighted by Gasteiger charge is -2.34. The van der Waals surface area contributed by atoms with Gasteiger partial charge in [-0.05, 0) is 24.3 Å². The van der Waals surface area contributed by atoms with Crippen LogP contribution in [0, 0.1) is 0 Å². The Hall–Kier alpha value is -1.71. The van der Waals surface area contributed by atoms with Crippen molar-refractivity contribution in [3.63, 3.8) is 0 Å². The number of alkyl halides is 3. The molecule has 7 nitrogen and oxygen atoms in total. The number of tetrazole rings is 1. The first-order valence-electron chi connectivity index (χ1n) is 6.60. The minimum atomic E-state index is -4.36. The van der Waals surface area contributed by atoms with Gasteiger partial charge in [-0.1, -0.05) is 0 Å². The van der Waals surface area contributed by atoms with Gasteiger partial charge in [0.2, 0.25) is 5.91 Å². The largest absolute Gasteiger partial charge is 0.406 e. The topological polar surface area (TPSA) is 67.2 Å². The Morgan fingerprint density at radius 1 is 1.29 bits per heavy atom. The van der Waals surface area contributed by atoms with Crippen LogP contribution < -0.4 is 0 Å². The van der Waals surface area contributed by atoms with E-state index in [0.29, 0.717) is 18.9 Å². The van der Waals surface area contributed by atoms with Crippen molar-refractivity contribution < 1.29 is 18.0 Å². The van der Waals surface area contributed by atoms with E-state index in [9.17, 15) is 18.0 Å². The van der Waals surface area contributed by atoms with Crippen molar-refractivity contribution in [2.24, 2.45) is 0 Å². The average Bonchev–Trinajstić information content (AvgIpc) is 2.79. The predicted molar refractivity (Wildman–Crippen MR) is 66.1 cm³/mol. The van der Waals surface area contributed by atoms with Crippen LogP contribution in [0.5, 0.6) is 0 Å². The summed E-state index contributed by atoms with van der Waals surface area (Å²) in [5.74, 6) is 0.0733. The Labute approximate surface area is 119 Å². The second kappa shape index (κ2) is 5.96. The molecule has 0 bridgehead atoms. The highest BCUT2D eigenvalue weighted by atomic mass is 19.4. The standard InChI is InChI=1S/C11H17F3N6O/c1-8(2)20-9(15-16-17-20)5-18-3-4-19(10(21)6-18)7-11(12,13)14/h8H,3-7H2,1-2H3. The summed E-state index contributed by atoms with van der Waals surface area (Å²) < 4.78 is 38.6. The molecular formula is C11H17F3N6O. The van der Waals surface area contributed by atoms with E-state index >= 15 is 0 Å². The van der Waals surface area contributed by atoms with E-state index in [-0.39, 0.29) is 19.1 Å². The van der Waals surface area contributed by atoms with Gasteiger partial charge in [0.25, 0.3) is 0 Å². The molecule has 1 aromatic rings. The maximum Gasteiger partial charge on any atom is 0.406 e. The zero-order valence-corrected chi connectivity index (χ0v) is 11.8. The molecule has 0 radical (unpaired) electrons. The zero-order chi connectivity index (χ0) is 15.6. The minimum Gasteiger partial charge on any atom is -0.331 e. The molecule has 1 aliphatic heterocycles. The van der Waals surface area contributed by atoms with Gasteiger partial charge >= 0.3 is 6.18 Å². The summed E-state index contributed by atoms with van der Waals surface area (Å²) in [6.45, 7) is 3.37. The van der Waals surface area contributed by atoms with Crippen LogP contribution in [-0.4, -0.2) is 68.3 Å². The molecule has 0 atom stereocenters. The molecule has 0 spiro atoms. The molecular weight excluding hydrogens is 289 g/mol. The molecule has 10 heteroatoms. The van der Waals surface area contributed by atoms with E-state index < -0.39 is 18.6 Å². The number of piperazine rings is 1. The fraction of sp³-hybridized carbons (Fsp3) is 0.818. The number of aromatic nitrogens is 4. The number of nitrogens with zero attached hydrogens (tertiary/aromatic N) is 6. The van der Waals surface area contributed by atoms with E-state index in [4.69, 9.17) is 0 Å². The van der Waals surface area contributed by atoms with Crippen LogP contribution in [0.3, 0.4) is 0 Å². The average molecular weight is 306 g/mol. The van der Waals surface area contributed by atoms with Crippen molar-refractivity contribution in [3.05, 3.63) is 5.82 Å². The third-order valence-electron chi connectivity index (χ3n) is 3.18. The molecule has 1 fully saturated rings. The zero-order valence-electron chi connectivity index (χ0n) is 11.8. The molecule has 1 saturated heterocycles. The SMILES string of the molecule is CC(C)n1nnnc1CN1CCN(CC(F)(F)F)C(=O)C1. The molecule has 0 aromatic carbocycles. The summed E-state index contributed by atoms with van der Waals surface area (Å²) in [5.41, 5.74) is 0. The summed E-state index contributed by atoms with van der Waals surface area (Å²) >= 11 is 0. The van der Waals surface area contributed by atoms with Gasteiger partial charge < -0.3 is 4.90 Å². The monoisotopic (exact) mass is 306 g/mol. The molecule has 1 aromatic heterocycles. The molecule has 0 unspecified atom stereocenters. The van der Waals surface area contributed by atoms with E-state index in [2.05, 4.69) is 15.5 Å². The molecule has 1 amide bonds. The molecule has 0 saturated carbocycles. The molecule has 0 aliphatic carbocycles. The van der Waals surface area contributed by atoms with Crippen LogP contribution in [0.1, 0.15) is 25.7 Å². The molecule has 0 N–H and O–H groups in total. The van der Waals surface area contributed by atoms with Crippen LogP contribution in [-0.2, 0) is 11.3 Å².